The highest BCUT2D eigenvalue weighted by Gasteiger charge is 2.25. The number of phenols is 2. The van der Waals surface area contributed by atoms with Gasteiger partial charge in [0.05, 0.1) is 13.2 Å². The molecule has 6 aromatic rings. The number of rotatable bonds is 8. The van der Waals surface area contributed by atoms with Crippen molar-refractivity contribution < 1.29 is 19.7 Å². The molecule has 12 heteroatoms. The second kappa shape index (κ2) is 10.8. The van der Waals surface area contributed by atoms with E-state index in [-0.39, 0.29) is 17.9 Å². The average Bonchev–Trinajstić information content (AvgIpc) is 3.55. The molecule has 10 nitrogen and oxygen atoms in total. The second-order valence-corrected chi connectivity index (χ2v) is 9.98. The summed E-state index contributed by atoms with van der Waals surface area (Å²) in [6, 6.07) is 16.8. The third kappa shape index (κ3) is 4.96. The monoisotopic (exact) mass is 590 g/mol. The first-order chi connectivity index (χ1) is 19.9. The molecule has 0 aliphatic carbocycles. The van der Waals surface area contributed by atoms with Gasteiger partial charge < -0.3 is 19.7 Å². The molecule has 2 aromatic heterocycles. The number of ether oxygens (including phenoxy) is 2. The van der Waals surface area contributed by atoms with Crippen molar-refractivity contribution in [2.75, 3.05) is 13.2 Å². The zero-order valence-electron chi connectivity index (χ0n) is 22.0. The molecule has 2 N–H and O–H groups in total. The quantitative estimate of drug-likeness (QED) is 0.213. The summed E-state index contributed by atoms with van der Waals surface area (Å²) < 4.78 is 12.0. The lowest BCUT2D eigenvalue weighted by molar-refractivity contribution is 0.331. The Morgan fingerprint density at radius 1 is 0.610 bits per heavy atom. The van der Waals surface area contributed by atoms with Gasteiger partial charge in [-0.25, -0.2) is 0 Å². The fourth-order valence-electron chi connectivity index (χ4n) is 4.73. The number of hydrogen-bond donors (Lipinski definition) is 2. The Morgan fingerprint density at radius 3 is 1.44 bits per heavy atom. The Morgan fingerprint density at radius 2 is 1.02 bits per heavy atom. The van der Waals surface area contributed by atoms with Crippen LogP contribution in [0, 0.1) is 0 Å². The van der Waals surface area contributed by atoms with Crippen LogP contribution in [0.5, 0.6) is 23.0 Å². The minimum absolute atomic E-state index is 0.0629. The Hall–Kier alpha value is -4.54. The summed E-state index contributed by atoms with van der Waals surface area (Å²) in [5.74, 6) is 0.878. The number of hydrogen-bond acceptors (Lipinski definition) is 8. The zero-order valence-corrected chi connectivity index (χ0v) is 23.6. The highest BCUT2D eigenvalue weighted by Crippen LogP contribution is 2.40. The highest BCUT2D eigenvalue weighted by atomic mass is 35.5. The smallest absolute Gasteiger partial charge is 0.143 e. The highest BCUT2D eigenvalue weighted by molar-refractivity contribution is 6.31. The van der Waals surface area contributed by atoms with Crippen molar-refractivity contribution in [2.24, 2.45) is 0 Å². The summed E-state index contributed by atoms with van der Waals surface area (Å²) in [5.41, 5.74) is 4.06. The van der Waals surface area contributed by atoms with Crippen molar-refractivity contribution in [3.8, 4) is 34.4 Å². The van der Waals surface area contributed by atoms with Gasteiger partial charge in [0.25, 0.3) is 0 Å². The Labute approximate surface area is 244 Å². The van der Waals surface area contributed by atoms with E-state index in [0.717, 1.165) is 0 Å². The normalized spacial score (nSPS) is 11.4. The number of halogens is 2. The van der Waals surface area contributed by atoms with Gasteiger partial charge in [-0.05, 0) is 74.5 Å². The molecule has 0 bridgehead atoms. The van der Waals surface area contributed by atoms with E-state index in [4.69, 9.17) is 32.7 Å². The molecular weight excluding hydrogens is 567 g/mol. The number of aromatic hydroxyl groups is 2. The summed E-state index contributed by atoms with van der Waals surface area (Å²) >= 11 is 12.4. The summed E-state index contributed by atoms with van der Waals surface area (Å²) in [5, 5.41) is 41.6. The van der Waals surface area contributed by atoms with Crippen LogP contribution in [0.15, 0.2) is 60.7 Å². The lowest BCUT2D eigenvalue weighted by atomic mass is 9.98. The molecule has 0 atom stereocenters. The average molecular weight is 591 g/mol. The number of aromatic nitrogens is 6. The van der Waals surface area contributed by atoms with Crippen LogP contribution in [-0.2, 0) is 6.42 Å². The van der Waals surface area contributed by atoms with E-state index >= 15 is 0 Å². The summed E-state index contributed by atoms with van der Waals surface area (Å²) in [4.78, 5) is 2.72. The molecule has 0 aliphatic rings. The SMILES string of the molecule is CCOc1ccc(O)c(-n2nc3ccc(Cl)cc3n2)c1Cc1c(OCC)ccc(O)c1-n1nc2ccc(Cl)cc2n1. The van der Waals surface area contributed by atoms with E-state index in [1.54, 1.807) is 48.5 Å². The van der Waals surface area contributed by atoms with E-state index < -0.39 is 0 Å². The number of nitrogens with zero attached hydrogens (tertiary/aromatic N) is 6. The maximum Gasteiger partial charge on any atom is 0.143 e. The van der Waals surface area contributed by atoms with Gasteiger partial charge >= 0.3 is 0 Å². The van der Waals surface area contributed by atoms with Crippen LogP contribution in [0.1, 0.15) is 25.0 Å². The minimum Gasteiger partial charge on any atom is -0.506 e. The number of fused-ring (bicyclic) bond motifs is 2. The lowest BCUT2D eigenvalue weighted by Gasteiger charge is -2.19. The summed E-state index contributed by atoms with van der Waals surface area (Å²) in [6.07, 6.45) is 0.134. The molecule has 0 saturated carbocycles. The molecule has 0 radical (unpaired) electrons. The predicted octanol–water partition coefficient (Wildman–Crippen LogP) is 6.26. The van der Waals surface area contributed by atoms with Crippen LogP contribution in [0.2, 0.25) is 10.0 Å². The van der Waals surface area contributed by atoms with Gasteiger partial charge in [0.1, 0.15) is 56.4 Å². The third-order valence-corrected chi connectivity index (χ3v) is 6.95. The van der Waals surface area contributed by atoms with E-state index in [1.165, 1.54) is 21.7 Å². The maximum absolute atomic E-state index is 11.1. The van der Waals surface area contributed by atoms with Crippen molar-refractivity contribution >= 4 is 45.3 Å². The number of phenolic OH excluding ortho intramolecular Hbond substituents is 2. The van der Waals surface area contributed by atoms with Gasteiger partial charge in [-0.3, -0.25) is 0 Å². The molecule has 0 amide bonds. The maximum atomic E-state index is 11.1. The van der Waals surface area contributed by atoms with Gasteiger partial charge in [0, 0.05) is 27.6 Å². The van der Waals surface area contributed by atoms with Gasteiger partial charge in [-0.15, -0.1) is 30.0 Å². The second-order valence-electron chi connectivity index (χ2n) is 9.11. The van der Waals surface area contributed by atoms with Crippen molar-refractivity contribution in [3.05, 3.63) is 81.8 Å². The van der Waals surface area contributed by atoms with Crippen LogP contribution < -0.4 is 9.47 Å². The zero-order chi connectivity index (χ0) is 28.7. The Balaban J connectivity index is 1.59. The summed E-state index contributed by atoms with van der Waals surface area (Å²) in [6.45, 7) is 4.49. The molecule has 0 fully saturated rings. The van der Waals surface area contributed by atoms with Crippen molar-refractivity contribution in [1.82, 2.24) is 30.0 Å². The summed E-state index contributed by atoms with van der Waals surface area (Å²) in [7, 11) is 0. The Bertz CT molecular complexity index is 1780. The third-order valence-electron chi connectivity index (χ3n) is 6.47. The molecule has 4 aromatic carbocycles. The first kappa shape index (κ1) is 26.7. The van der Waals surface area contributed by atoms with E-state index in [2.05, 4.69) is 20.4 Å². The molecule has 6 rings (SSSR count). The van der Waals surface area contributed by atoms with Crippen LogP contribution in [0.3, 0.4) is 0 Å². The fraction of sp³-hybridized carbons (Fsp3) is 0.172. The van der Waals surface area contributed by atoms with E-state index in [1.807, 2.05) is 13.8 Å². The van der Waals surface area contributed by atoms with Crippen LogP contribution >= 0.6 is 23.2 Å². The van der Waals surface area contributed by atoms with Crippen molar-refractivity contribution in [2.45, 2.75) is 20.3 Å². The molecule has 41 heavy (non-hydrogen) atoms. The standard InChI is InChI=1S/C29H24Cl2N6O4/c1-3-40-26-11-9-24(38)28(36-32-20-7-5-16(30)13-22(20)34-36)18(26)15-19-27(41-4-2)12-10-25(39)29(19)37-33-21-8-6-17(31)14-23(21)35-37/h5-14,38-39H,3-4,15H2,1-2H3. The minimum atomic E-state index is -0.0629. The lowest BCUT2D eigenvalue weighted by Crippen LogP contribution is -2.11. The van der Waals surface area contributed by atoms with Crippen molar-refractivity contribution in [1.29, 1.82) is 0 Å². The van der Waals surface area contributed by atoms with Gasteiger partial charge in [-0.2, -0.15) is 0 Å². The topological polar surface area (TPSA) is 120 Å². The molecule has 0 saturated heterocycles. The molecular formula is C29H24Cl2N6O4. The van der Waals surface area contributed by atoms with Crippen LogP contribution in [0.4, 0.5) is 0 Å². The Kier molecular flexibility index (Phi) is 7.02. The van der Waals surface area contributed by atoms with E-state index in [0.29, 0.717) is 79.3 Å². The van der Waals surface area contributed by atoms with Crippen molar-refractivity contribution in [3.63, 3.8) is 0 Å². The molecule has 0 unspecified atom stereocenters. The molecule has 0 aliphatic heterocycles. The predicted molar refractivity (Wildman–Crippen MR) is 156 cm³/mol. The van der Waals surface area contributed by atoms with Crippen LogP contribution in [-0.4, -0.2) is 53.4 Å². The first-order valence-corrected chi connectivity index (χ1v) is 13.6. The van der Waals surface area contributed by atoms with Crippen LogP contribution in [0.25, 0.3) is 33.4 Å². The fourth-order valence-corrected chi connectivity index (χ4v) is 5.07. The number of benzene rings is 4. The molecule has 2 heterocycles. The molecule has 0 spiro atoms. The molecule has 208 valence electrons. The van der Waals surface area contributed by atoms with Gasteiger partial charge in [0.15, 0.2) is 0 Å². The largest absolute Gasteiger partial charge is 0.506 e. The van der Waals surface area contributed by atoms with E-state index in [9.17, 15) is 10.2 Å². The first-order valence-electron chi connectivity index (χ1n) is 12.9. The van der Waals surface area contributed by atoms with Gasteiger partial charge in [0.2, 0.25) is 0 Å². The van der Waals surface area contributed by atoms with Gasteiger partial charge in [-0.1, -0.05) is 23.2 Å².